The van der Waals surface area contributed by atoms with E-state index in [1.54, 1.807) is 13.8 Å². The van der Waals surface area contributed by atoms with Crippen LogP contribution in [-0.2, 0) is 14.3 Å². The van der Waals surface area contributed by atoms with Crippen molar-refractivity contribution in [2.75, 3.05) is 6.61 Å². The van der Waals surface area contributed by atoms with Gasteiger partial charge >= 0.3 is 12.1 Å². The normalized spacial score (nSPS) is 25.4. The van der Waals surface area contributed by atoms with Gasteiger partial charge in [0, 0.05) is 0 Å². The molecule has 0 spiro atoms. The molecule has 1 heterocycles. The maximum atomic E-state index is 12.1. The van der Waals surface area contributed by atoms with Gasteiger partial charge in [-0.3, -0.25) is 4.90 Å². The van der Waals surface area contributed by atoms with E-state index < -0.39 is 29.9 Å². The van der Waals surface area contributed by atoms with E-state index in [1.165, 1.54) is 4.90 Å². The molecule has 2 atom stereocenters. The number of carboxylic acid groups (broad SMARTS) is 1. The van der Waals surface area contributed by atoms with Crippen molar-refractivity contribution in [3.8, 4) is 0 Å². The number of nitrogens with zero attached hydrogens (tertiary/aromatic N) is 1. The number of hydrogen-bond donors (Lipinski definition) is 1. The molecular formula is C13H23NO5. The zero-order valence-corrected chi connectivity index (χ0v) is 12.0. The standard InChI is InChI=1S/C13H23NO5/c1-5-7-8-18-12(17)14-10(11(15)16)9(6-2)19-13(14,3)4/h9-10H,5-8H2,1-4H3,(H,15,16)/t9-,10+/m1/s1. The minimum Gasteiger partial charge on any atom is -0.480 e. The SMILES string of the molecule is CCCCOC(=O)N1[C@H](C(=O)O)[C@@H](CC)OC1(C)C. The molecule has 0 bridgehead atoms. The molecule has 0 aromatic carbocycles. The van der Waals surface area contributed by atoms with Gasteiger partial charge in [-0.2, -0.15) is 0 Å². The van der Waals surface area contributed by atoms with Crippen LogP contribution < -0.4 is 0 Å². The van der Waals surface area contributed by atoms with Gasteiger partial charge in [0.25, 0.3) is 0 Å². The molecule has 0 aromatic heterocycles. The van der Waals surface area contributed by atoms with Crippen LogP contribution in [0.2, 0.25) is 0 Å². The molecule has 19 heavy (non-hydrogen) atoms. The van der Waals surface area contributed by atoms with Gasteiger partial charge in [0.2, 0.25) is 0 Å². The Labute approximate surface area is 113 Å². The molecule has 1 fully saturated rings. The number of carboxylic acids is 1. The van der Waals surface area contributed by atoms with Crippen LogP contribution in [0.5, 0.6) is 0 Å². The van der Waals surface area contributed by atoms with E-state index in [9.17, 15) is 14.7 Å². The first-order valence-corrected chi connectivity index (χ1v) is 6.71. The van der Waals surface area contributed by atoms with Crippen molar-refractivity contribution in [3.05, 3.63) is 0 Å². The Bertz CT molecular complexity index is 342. The first-order chi connectivity index (χ1) is 8.85. The van der Waals surface area contributed by atoms with E-state index in [2.05, 4.69) is 0 Å². The van der Waals surface area contributed by atoms with Crippen molar-refractivity contribution < 1.29 is 24.2 Å². The number of amides is 1. The van der Waals surface area contributed by atoms with Crippen molar-refractivity contribution >= 4 is 12.1 Å². The Morgan fingerprint density at radius 3 is 2.47 bits per heavy atom. The number of ether oxygens (including phenoxy) is 2. The van der Waals surface area contributed by atoms with Crippen LogP contribution in [0.15, 0.2) is 0 Å². The first kappa shape index (κ1) is 15.8. The van der Waals surface area contributed by atoms with Crippen molar-refractivity contribution in [3.63, 3.8) is 0 Å². The highest BCUT2D eigenvalue weighted by molar-refractivity contribution is 5.81. The number of hydrogen-bond acceptors (Lipinski definition) is 4. The summed E-state index contributed by atoms with van der Waals surface area (Å²) in [6.07, 6.45) is 1.07. The largest absolute Gasteiger partial charge is 0.480 e. The summed E-state index contributed by atoms with van der Waals surface area (Å²) in [5.74, 6) is -1.06. The van der Waals surface area contributed by atoms with Gasteiger partial charge in [-0.25, -0.2) is 9.59 Å². The summed E-state index contributed by atoms with van der Waals surface area (Å²) in [4.78, 5) is 24.6. The zero-order chi connectivity index (χ0) is 14.6. The molecule has 110 valence electrons. The van der Waals surface area contributed by atoms with Gasteiger partial charge in [0.15, 0.2) is 6.04 Å². The third-order valence-corrected chi connectivity index (χ3v) is 3.23. The molecule has 1 amide bonds. The Morgan fingerprint density at radius 2 is 2.00 bits per heavy atom. The van der Waals surface area contributed by atoms with Gasteiger partial charge in [0.05, 0.1) is 12.7 Å². The van der Waals surface area contributed by atoms with Gasteiger partial charge in [0.1, 0.15) is 5.72 Å². The third-order valence-electron chi connectivity index (χ3n) is 3.23. The molecule has 0 aromatic rings. The second-order valence-corrected chi connectivity index (χ2v) is 5.13. The number of carbonyl (C=O) groups excluding carboxylic acids is 1. The van der Waals surface area contributed by atoms with E-state index in [0.717, 1.165) is 12.8 Å². The molecule has 1 saturated heterocycles. The molecule has 0 radical (unpaired) electrons. The average Bonchev–Trinajstić information content (AvgIpc) is 2.60. The molecule has 1 rings (SSSR count). The molecular weight excluding hydrogens is 250 g/mol. The van der Waals surface area contributed by atoms with Gasteiger partial charge in [-0.1, -0.05) is 20.3 Å². The summed E-state index contributed by atoms with van der Waals surface area (Å²) in [7, 11) is 0. The summed E-state index contributed by atoms with van der Waals surface area (Å²) in [6.45, 7) is 7.48. The topological polar surface area (TPSA) is 76.1 Å². The van der Waals surface area contributed by atoms with E-state index in [4.69, 9.17) is 9.47 Å². The van der Waals surface area contributed by atoms with E-state index in [-0.39, 0.29) is 0 Å². The lowest BCUT2D eigenvalue weighted by Gasteiger charge is -2.31. The van der Waals surface area contributed by atoms with Crippen LogP contribution in [0.1, 0.15) is 47.0 Å². The summed E-state index contributed by atoms with van der Waals surface area (Å²) in [5, 5.41) is 9.31. The molecule has 6 nitrogen and oxygen atoms in total. The smallest absolute Gasteiger partial charge is 0.412 e. The first-order valence-electron chi connectivity index (χ1n) is 6.71. The van der Waals surface area contributed by atoms with E-state index in [1.807, 2.05) is 13.8 Å². The summed E-state index contributed by atoms with van der Waals surface area (Å²) < 4.78 is 10.8. The molecule has 0 saturated carbocycles. The maximum absolute atomic E-state index is 12.1. The van der Waals surface area contributed by atoms with Gasteiger partial charge in [-0.15, -0.1) is 0 Å². The van der Waals surface area contributed by atoms with Crippen LogP contribution in [0.25, 0.3) is 0 Å². The van der Waals surface area contributed by atoms with Gasteiger partial charge < -0.3 is 14.6 Å². The minimum atomic E-state index is -1.06. The summed E-state index contributed by atoms with van der Waals surface area (Å²) in [5.41, 5.74) is -0.965. The monoisotopic (exact) mass is 273 g/mol. The fourth-order valence-electron chi connectivity index (χ4n) is 2.28. The fraction of sp³-hybridized carbons (Fsp3) is 0.846. The Morgan fingerprint density at radius 1 is 1.37 bits per heavy atom. The average molecular weight is 273 g/mol. The highest BCUT2D eigenvalue weighted by Crippen LogP contribution is 2.34. The molecule has 0 aliphatic carbocycles. The van der Waals surface area contributed by atoms with Crippen LogP contribution in [0, 0.1) is 0 Å². The zero-order valence-electron chi connectivity index (χ0n) is 12.0. The summed E-state index contributed by atoms with van der Waals surface area (Å²) in [6, 6.07) is -0.992. The Balaban J connectivity index is 2.86. The van der Waals surface area contributed by atoms with Crippen molar-refractivity contribution in [1.29, 1.82) is 0 Å². The number of aliphatic carboxylic acids is 1. The lowest BCUT2D eigenvalue weighted by molar-refractivity contribution is -0.143. The van der Waals surface area contributed by atoms with Crippen molar-refractivity contribution in [1.82, 2.24) is 4.90 Å². The predicted octanol–water partition coefficient (Wildman–Crippen LogP) is 2.22. The highest BCUT2D eigenvalue weighted by Gasteiger charge is 2.53. The number of carbonyl (C=O) groups is 2. The highest BCUT2D eigenvalue weighted by atomic mass is 16.6. The fourth-order valence-corrected chi connectivity index (χ4v) is 2.28. The van der Waals surface area contributed by atoms with Crippen LogP contribution in [0.3, 0.4) is 0 Å². The van der Waals surface area contributed by atoms with Gasteiger partial charge in [-0.05, 0) is 26.7 Å². The maximum Gasteiger partial charge on any atom is 0.412 e. The second kappa shape index (κ2) is 6.23. The Hall–Kier alpha value is -1.30. The van der Waals surface area contributed by atoms with E-state index in [0.29, 0.717) is 13.0 Å². The Kier molecular flexibility index (Phi) is 5.17. The molecule has 0 unspecified atom stereocenters. The van der Waals surface area contributed by atoms with Crippen molar-refractivity contribution in [2.45, 2.75) is 64.8 Å². The lowest BCUT2D eigenvalue weighted by atomic mass is 10.1. The second-order valence-electron chi connectivity index (χ2n) is 5.13. The predicted molar refractivity (Wildman–Crippen MR) is 68.8 cm³/mol. The molecule has 6 heteroatoms. The van der Waals surface area contributed by atoms with Crippen LogP contribution in [-0.4, -0.2) is 46.5 Å². The molecule has 1 N–H and O–H groups in total. The molecule has 1 aliphatic rings. The van der Waals surface area contributed by atoms with Crippen LogP contribution in [0.4, 0.5) is 4.79 Å². The quantitative estimate of drug-likeness (QED) is 0.777. The van der Waals surface area contributed by atoms with Crippen molar-refractivity contribution in [2.24, 2.45) is 0 Å². The van der Waals surface area contributed by atoms with E-state index >= 15 is 0 Å². The summed E-state index contributed by atoms with van der Waals surface area (Å²) >= 11 is 0. The number of rotatable bonds is 5. The van der Waals surface area contributed by atoms with Crippen LogP contribution >= 0.6 is 0 Å². The lowest BCUT2D eigenvalue weighted by Crippen LogP contribution is -2.51. The number of unbranched alkanes of at least 4 members (excludes halogenated alkanes) is 1. The minimum absolute atomic E-state index is 0.297. The molecule has 1 aliphatic heterocycles. The third kappa shape index (κ3) is 3.37.